The van der Waals surface area contributed by atoms with Crippen molar-refractivity contribution in [3.05, 3.63) is 59.7 Å². The minimum absolute atomic E-state index is 0.167. The number of hydrogen-bond donors (Lipinski definition) is 4. The number of rotatable bonds is 30. The van der Waals surface area contributed by atoms with Crippen LogP contribution in [-0.2, 0) is 28.4 Å². The Kier molecular flexibility index (Phi) is 24.4. The van der Waals surface area contributed by atoms with Crippen LogP contribution in [0, 0.1) is 0 Å². The minimum atomic E-state index is -0.167. The van der Waals surface area contributed by atoms with Crippen molar-refractivity contribution in [1.29, 1.82) is 0 Å². The van der Waals surface area contributed by atoms with Crippen molar-refractivity contribution in [2.75, 3.05) is 105 Å². The molecule has 0 radical (unpaired) electrons. The van der Waals surface area contributed by atoms with E-state index in [-0.39, 0.29) is 11.8 Å². The smallest absolute Gasteiger partial charge is 0.251 e. The first kappa shape index (κ1) is 40.8. The summed E-state index contributed by atoms with van der Waals surface area (Å²) in [6.45, 7) is 8.78. The van der Waals surface area contributed by atoms with Gasteiger partial charge in [0.15, 0.2) is 0 Å². The fraction of sp³-hybridized carbons (Fsp3) is 0.588. The summed E-state index contributed by atoms with van der Waals surface area (Å²) in [7, 11) is 0. The molecule has 0 aliphatic rings. The number of nitrogens with zero attached hydrogens (tertiary/aromatic N) is 2. The molecular formula is C34H54N6O8. The van der Waals surface area contributed by atoms with Crippen molar-refractivity contribution >= 4 is 23.2 Å². The van der Waals surface area contributed by atoms with Gasteiger partial charge in [-0.3, -0.25) is 9.59 Å². The van der Waals surface area contributed by atoms with Gasteiger partial charge >= 0.3 is 0 Å². The van der Waals surface area contributed by atoms with Crippen LogP contribution in [0.25, 0.3) is 0 Å². The lowest BCUT2D eigenvalue weighted by atomic mass is 10.2. The Bertz CT molecular complexity index is 1030. The van der Waals surface area contributed by atoms with Crippen LogP contribution in [0.3, 0.4) is 0 Å². The highest BCUT2D eigenvalue weighted by atomic mass is 16.5. The Balaban J connectivity index is 1.52. The molecule has 0 saturated carbocycles. The third-order valence-electron chi connectivity index (χ3n) is 6.52. The number of benzene rings is 2. The lowest BCUT2D eigenvalue weighted by molar-refractivity contribution is 0.0141. The van der Waals surface area contributed by atoms with Gasteiger partial charge in [0, 0.05) is 50.6 Å². The molecule has 14 nitrogen and oxygen atoms in total. The van der Waals surface area contributed by atoms with Crippen LogP contribution in [-0.4, -0.2) is 117 Å². The number of nitrogens with one attached hydrogen (secondary N) is 2. The topological polar surface area (TPSA) is 190 Å². The van der Waals surface area contributed by atoms with Gasteiger partial charge in [-0.1, -0.05) is 0 Å². The Morgan fingerprint density at radius 1 is 0.458 bits per heavy atom. The second kappa shape index (κ2) is 28.7. The van der Waals surface area contributed by atoms with Crippen LogP contribution in [0.5, 0.6) is 0 Å². The Morgan fingerprint density at radius 2 is 0.750 bits per heavy atom. The standard InChI is InChI=1S/C34H54N6O8/c35-13-1-17-43-21-25-47-27-23-45-19-3-15-37-33(41)29-5-9-31(10-6-29)39-40-32-11-7-30(8-12-32)34(42)38-16-4-20-46-24-28-48-26-22-44-18-2-14-36/h5-12H,1-4,13-28,35-36H2,(H,37,41)(H,38,42). The molecule has 2 aromatic carbocycles. The number of hydrogen-bond acceptors (Lipinski definition) is 12. The second-order valence-corrected chi connectivity index (χ2v) is 10.5. The average molecular weight is 675 g/mol. The van der Waals surface area contributed by atoms with Gasteiger partial charge in [-0.25, -0.2) is 0 Å². The van der Waals surface area contributed by atoms with Crippen molar-refractivity contribution in [1.82, 2.24) is 10.6 Å². The average Bonchev–Trinajstić information content (AvgIpc) is 3.11. The number of nitrogens with two attached hydrogens (primary N) is 2. The zero-order valence-corrected chi connectivity index (χ0v) is 28.1. The second-order valence-electron chi connectivity index (χ2n) is 10.5. The molecule has 6 N–H and O–H groups in total. The number of carbonyl (C=O) groups excluding carboxylic acids is 2. The van der Waals surface area contributed by atoms with Crippen LogP contribution in [0.15, 0.2) is 58.8 Å². The van der Waals surface area contributed by atoms with Gasteiger partial charge in [-0.05, 0) is 87.3 Å². The molecule has 0 fully saturated rings. The van der Waals surface area contributed by atoms with Crippen LogP contribution < -0.4 is 22.1 Å². The summed E-state index contributed by atoms with van der Waals surface area (Å²) in [4.78, 5) is 24.8. The molecule has 0 aliphatic carbocycles. The zero-order chi connectivity index (χ0) is 34.3. The van der Waals surface area contributed by atoms with Crippen LogP contribution >= 0.6 is 0 Å². The van der Waals surface area contributed by atoms with Crippen molar-refractivity contribution in [2.24, 2.45) is 21.7 Å². The first-order valence-electron chi connectivity index (χ1n) is 16.7. The van der Waals surface area contributed by atoms with E-state index in [9.17, 15) is 9.59 Å². The number of amides is 2. The Labute approximate surface area is 284 Å². The van der Waals surface area contributed by atoms with Gasteiger partial charge in [0.25, 0.3) is 11.8 Å². The molecule has 2 rings (SSSR count). The highest BCUT2D eigenvalue weighted by molar-refractivity contribution is 5.95. The lowest BCUT2D eigenvalue weighted by Crippen LogP contribution is -2.25. The summed E-state index contributed by atoms with van der Waals surface area (Å²) in [5, 5.41) is 14.2. The van der Waals surface area contributed by atoms with Crippen LogP contribution in [0.2, 0.25) is 0 Å². The van der Waals surface area contributed by atoms with Gasteiger partial charge in [-0.2, -0.15) is 10.2 Å². The fourth-order valence-electron chi connectivity index (χ4n) is 3.89. The monoisotopic (exact) mass is 674 g/mol. The van der Waals surface area contributed by atoms with E-state index in [1.165, 1.54) is 0 Å². The molecule has 0 aliphatic heterocycles. The molecule has 268 valence electrons. The molecule has 0 heterocycles. The van der Waals surface area contributed by atoms with E-state index in [1.54, 1.807) is 48.5 Å². The van der Waals surface area contributed by atoms with Gasteiger partial charge in [-0.15, -0.1) is 0 Å². The first-order chi connectivity index (χ1) is 23.6. The Hall–Kier alpha value is -3.34. The predicted molar refractivity (Wildman–Crippen MR) is 183 cm³/mol. The van der Waals surface area contributed by atoms with E-state index in [4.69, 9.17) is 39.9 Å². The highest BCUT2D eigenvalue weighted by Crippen LogP contribution is 2.19. The van der Waals surface area contributed by atoms with Crippen LogP contribution in [0.1, 0.15) is 46.4 Å². The first-order valence-corrected chi connectivity index (χ1v) is 16.7. The SMILES string of the molecule is NCCCOCCOCCOCCCNC(=O)c1ccc(N=Nc2ccc(C(=O)NCCCOCCOCCOCCCN)cc2)cc1. The maximum absolute atomic E-state index is 12.4. The molecule has 48 heavy (non-hydrogen) atoms. The fourth-order valence-corrected chi connectivity index (χ4v) is 3.89. The third kappa shape index (κ3) is 20.8. The molecule has 0 bridgehead atoms. The maximum atomic E-state index is 12.4. The maximum Gasteiger partial charge on any atom is 0.251 e. The molecule has 0 aromatic heterocycles. The van der Waals surface area contributed by atoms with Crippen molar-refractivity contribution < 1.29 is 38.0 Å². The van der Waals surface area contributed by atoms with Gasteiger partial charge in [0.1, 0.15) is 0 Å². The zero-order valence-electron chi connectivity index (χ0n) is 28.1. The summed E-state index contributed by atoms with van der Waals surface area (Å²) in [6.07, 6.45) is 3.09. The van der Waals surface area contributed by atoms with Gasteiger partial charge in [0.2, 0.25) is 0 Å². The molecule has 14 heteroatoms. The number of ether oxygens (including phenoxy) is 6. The lowest BCUT2D eigenvalue weighted by Gasteiger charge is -2.08. The van der Waals surface area contributed by atoms with E-state index in [0.717, 1.165) is 12.8 Å². The van der Waals surface area contributed by atoms with E-state index in [1.807, 2.05) is 0 Å². The van der Waals surface area contributed by atoms with Crippen LogP contribution in [0.4, 0.5) is 11.4 Å². The highest BCUT2D eigenvalue weighted by Gasteiger charge is 2.06. The molecule has 0 spiro atoms. The number of azo groups is 1. The van der Waals surface area contributed by atoms with Crippen molar-refractivity contribution in [3.63, 3.8) is 0 Å². The summed E-state index contributed by atoms with van der Waals surface area (Å²) in [5.74, 6) is -0.335. The Morgan fingerprint density at radius 3 is 1.06 bits per heavy atom. The molecular weight excluding hydrogens is 620 g/mol. The molecule has 2 aromatic rings. The summed E-state index contributed by atoms with van der Waals surface area (Å²) in [6, 6.07) is 13.7. The minimum Gasteiger partial charge on any atom is -0.379 e. The largest absolute Gasteiger partial charge is 0.379 e. The molecule has 2 amide bonds. The molecule has 0 unspecified atom stereocenters. The van der Waals surface area contributed by atoms with Gasteiger partial charge in [0.05, 0.1) is 64.2 Å². The van der Waals surface area contributed by atoms with E-state index < -0.39 is 0 Å². The normalized spacial score (nSPS) is 11.3. The summed E-state index contributed by atoms with van der Waals surface area (Å²) >= 11 is 0. The van der Waals surface area contributed by atoms with Crippen molar-refractivity contribution in [2.45, 2.75) is 25.7 Å². The summed E-state index contributed by atoms with van der Waals surface area (Å²) in [5.41, 5.74) is 13.1. The van der Waals surface area contributed by atoms with Crippen molar-refractivity contribution in [3.8, 4) is 0 Å². The van der Waals surface area contributed by atoms with Gasteiger partial charge < -0.3 is 50.5 Å². The molecule has 0 saturated heterocycles. The van der Waals surface area contributed by atoms with E-state index in [0.29, 0.717) is 141 Å². The van der Waals surface area contributed by atoms with E-state index in [2.05, 4.69) is 20.9 Å². The number of carbonyl (C=O) groups is 2. The summed E-state index contributed by atoms with van der Waals surface area (Å²) < 4.78 is 32.6. The quantitative estimate of drug-likeness (QED) is 0.0708. The third-order valence-corrected chi connectivity index (χ3v) is 6.52. The predicted octanol–water partition coefficient (Wildman–Crippen LogP) is 3.14. The van der Waals surface area contributed by atoms with E-state index >= 15 is 0 Å². The molecule has 0 atom stereocenters.